The molecule has 4 nitrogen and oxygen atoms in total. The molecule has 0 spiro atoms. The van der Waals surface area contributed by atoms with E-state index in [0.717, 1.165) is 29.6 Å². The molecule has 4 rings (SSSR count). The van der Waals surface area contributed by atoms with E-state index in [0.29, 0.717) is 6.04 Å². The van der Waals surface area contributed by atoms with Crippen LogP contribution < -0.4 is 10.1 Å². The van der Waals surface area contributed by atoms with Crippen LogP contribution in [0.2, 0.25) is 0 Å². The van der Waals surface area contributed by atoms with Gasteiger partial charge in [0.2, 0.25) is 0 Å². The third-order valence-electron chi connectivity index (χ3n) is 5.06. The molecule has 0 aliphatic carbocycles. The molecule has 3 heterocycles. The van der Waals surface area contributed by atoms with Gasteiger partial charge >= 0.3 is 0 Å². The Bertz CT molecular complexity index is 830. The van der Waals surface area contributed by atoms with Crippen molar-refractivity contribution in [2.24, 2.45) is 0 Å². The Labute approximate surface area is 168 Å². The van der Waals surface area contributed by atoms with Crippen LogP contribution >= 0.6 is 22.7 Å². The number of piperidine rings is 1. The Hall–Kier alpha value is -1.89. The largest absolute Gasteiger partial charge is 0.494 e. The summed E-state index contributed by atoms with van der Waals surface area (Å²) < 4.78 is 5.95. The van der Waals surface area contributed by atoms with E-state index in [1.165, 1.54) is 36.2 Å². The Balaban J connectivity index is 1.27. The SMILES string of the molecule is CN1CCCCC1CCOc1ccc(Nc2ncc(-c3ccsc3)s2)cc1. The van der Waals surface area contributed by atoms with Gasteiger partial charge in [0.25, 0.3) is 0 Å². The third-order valence-corrected chi connectivity index (χ3v) is 6.70. The fourth-order valence-corrected chi connectivity index (χ4v) is 5.01. The van der Waals surface area contributed by atoms with Gasteiger partial charge in [0.15, 0.2) is 5.13 Å². The minimum absolute atomic E-state index is 0.669. The first-order chi connectivity index (χ1) is 13.3. The van der Waals surface area contributed by atoms with Crippen LogP contribution in [0, 0.1) is 0 Å². The molecular weight excluding hydrogens is 374 g/mol. The van der Waals surface area contributed by atoms with Crippen molar-refractivity contribution in [1.29, 1.82) is 0 Å². The molecule has 1 unspecified atom stereocenters. The van der Waals surface area contributed by atoms with Gasteiger partial charge in [0.1, 0.15) is 5.75 Å². The smallest absolute Gasteiger partial charge is 0.187 e. The summed E-state index contributed by atoms with van der Waals surface area (Å²) in [7, 11) is 2.23. The molecule has 1 N–H and O–H groups in total. The van der Waals surface area contributed by atoms with Gasteiger partial charge in [-0.1, -0.05) is 17.8 Å². The number of likely N-dealkylation sites (tertiary alicyclic amines) is 1. The zero-order valence-corrected chi connectivity index (χ0v) is 17.2. The fraction of sp³-hybridized carbons (Fsp3) is 0.381. The second-order valence-corrected chi connectivity index (χ2v) is 8.77. The molecule has 142 valence electrons. The standard InChI is InChI=1S/C21H25N3OS2/c1-24-11-3-2-4-18(24)9-12-25-19-7-5-17(6-8-19)23-21-22-14-20(27-21)16-10-13-26-15-16/h5-8,10,13-15,18H,2-4,9,11-12H2,1H3,(H,22,23). The van der Waals surface area contributed by atoms with Crippen molar-refractivity contribution in [3.8, 4) is 16.2 Å². The molecule has 0 amide bonds. The molecule has 1 fully saturated rings. The van der Waals surface area contributed by atoms with Crippen LogP contribution in [0.15, 0.2) is 47.3 Å². The minimum atomic E-state index is 0.669. The first-order valence-corrected chi connectivity index (χ1v) is 11.2. The molecule has 2 aromatic heterocycles. The van der Waals surface area contributed by atoms with Crippen molar-refractivity contribution < 1.29 is 4.74 Å². The second-order valence-electron chi connectivity index (χ2n) is 6.96. The molecule has 0 bridgehead atoms. The maximum atomic E-state index is 5.95. The summed E-state index contributed by atoms with van der Waals surface area (Å²) in [5, 5.41) is 8.52. The first kappa shape index (κ1) is 18.5. The predicted molar refractivity (Wildman–Crippen MR) is 116 cm³/mol. The summed E-state index contributed by atoms with van der Waals surface area (Å²) in [6.45, 7) is 1.99. The van der Waals surface area contributed by atoms with Crippen molar-refractivity contribution in [3.05, 3.63) is 47.3 Å². The average molecular weight is 400 g/mol. The van der Waals surface area contributed by atoms with Gasteiger partial charge in [0.05, 0.1) is 11.5 Å². The number of aromatic nitrogens is 1. The highest BCUT2D eigenvalue weighted by Gasteiger charge is 2.18. The summed E-state index contributed by atoms with van der Waals surface area (Å²) >= 11 is 3.37. The van der Waals surface area contributed by atoms with Gasteiger partial charge in [0, 0.05) is 23.5 Å². The summed E-state index contributed by atoms with van der Waals surface area (Å²) in [6.07, 6.45) is 7.00. The van der Waals surface area contributed by atoms with Gasteiger partial charge in [-0.05, 0) is 73.9 Å². The summed E-state index contributed by atoms with van der Waals surface area (Å²) in [5.74, 6) is 0.928. The van der Waals surface area contributed by atoms with Gasteiger partial charge in [-0.25, -0.2) is 4.98 Å². The lowest BCUT2D eigenvalue weighted by Gasteiger charge is -2.32. The molecule has 0 radical (unpaired) electrons. The van der Waals surface area contributed by atoms with Crippen molar-refractivity contribution in [2.75, 3.05) is 25.5 Å². The molecular formula is C21H25N3OS2. The number of hydrogen-bond acceptors (Lipinski definition) is 6. The van der Waals surface area contributed by atoms with Crippen LogP contribution in [0.4, 0.5) is 10.8 Å². The van der Waals surface area contributed by atoms with Crippen LogP contribution in [0.25, 0.3) is 10.4 Å². The quantitative estimate of drug-likeness (QED) is 0.539. The first-order valence-electron chi connectivity index (χ1n) is 9.46. The number of nitrogens with one attached hydrogen (secondary N) is 1. The highest BCUT2D eigenvalue weighted by atomic mass is 32.1. The molecule has 1 saturated heterocycles. The number of nitrogens with zero attached hydrogens (tertiary/aromatic N) is 2. The minimum Gasteiger partial charge on any atom is -0.494 e. The molecule has 3 aromatic rings. The Morgan fingerprint density at radius 2 is 2.11 bits per heavy atom. The Morgan fingerprint density at radius 3 is 2.89 bits per heavy atom. The van der Waals surface area contributed by atoms with E-state index in [4.69, 9.17) is 4.74 Å². The molecule has 0 saturated carbocycles. The van der Waals surface area contributed by atoms with Crippen LogP contribution in [-0.2, 0) is 0 Å². The van der Waals surface area contributed by atoms with Gasteiger partial charge in [-0.3, -0.25) is 0 Å². The topological polar surface area (TPSA) is 37.4 Å². The second kappa shape index (κ2) is 8.87. The van der Waals surface area contributed by atoms with E-state index >= 15 is 0 Å². The van der Waals surface area contributed by atoms with Crippen molar-refractivity contribution in [2.45, 2.75) is 31.7 Å². The normalized spacial score (nSPS) is 17.7. The number of benzene rings is 1. The molecule has 1 aromatic carbocycles. The van der Waals surface area contributed by atoms with E-state index < -0.39 is 0 Å². The number of rotatable bonds is 7. The molecule has 1 atom stereocenters. The number of ether oxygens (including phenoxy) is 1. The highest BCUT2D eigenvalue weighted by molar-refractivity contribution is 7.19. The lowest BCUT2D eigenvalue weighted by molar-refractivity contribution is 0.153. The molecule has 1 aliphatic rings. The highest BCUT2D eigenvalue weighted by Crippen LogP contribution is 2.32. The van der Waals surface area contributed by atoms with E-state index in [9.17, 15) is 0 Å². The molecule has 27 heavy (non-hydrogen) atoms. The van der Waals surface area contributed by atoms with E-state index in [1.54, 1.807) is 22.7 Å². The van der Waals surface area contributed by atoms with Crippen LogP contribution in [0.5, 0.6) is 5.75 Å². The van der Waals surface area contributed by atoms with Gasteiger partial charge in [-0.2, -0.15) is 11.3 Å². The zero-order chi connectivity index (χ0) is 18.5. The lowest BCUT2D eigenvalue weighted by Crippen LogP contribution is -2.37. The maximum Gasteiger partial charge on any atom is 0.187 e. The number of hydrogen-bond donors (Lipinski definition) is 1. The van der Waals surface area contributed by atoms with Crippen molar-refractivity contribution in [1.82, 2.24) is 9.88 Å². The molecule has 1 aliphatic heterocycles. The van der Waals surface area contributed by atoms with Gasteiger partial charge in [-0.15, -0.1) is 0 Å². The van der Waals surface area contributed by atoms with Gasteiger partial charge < -0.3 is 15.0 Å². The third kappa shape index (κ3) is 4.89. The van der Waals surface area contributed by atoms with E-state index in [-0.39, 0.29) is 0 Å². The lowest BCUT2D eigenvalue weighted by atomic mass is 10.0. The fourth-order valence-electron chi connectivity index (χ4n) is 3.45. The summed E-state index contributed by atoms with van der Waals surface area (Å²) in [5.41, 5.74) is 2.26. The zero-order valence-electron chi connectivity index (χ0n) is 15.6. The molecule has 6 heteroatoms. The van der Waals surface area contributed by atoms with Crippen LogP contribution in [0.1, 0.15) is 25.7 Å². The van der Waals surface area contributed by atoms with Crippen molar-refractivity contribution in [3.63, 3.8) is 0 Å². The average Bonchev–Trinajstić information content (AvgIpc) is 3.36. The number of thiophene rings is 1. The summed E-state index contributed by atoms with van der Waals surface area (Å²) in [4.78, 5) is 8.13. The van der Waals surface area contributed by atoms with E-state index in [1.807, 2.05) is 30.5 Å². The number of thiazole rings is 1. The van der Waals surface area contributed by atoms with Crippen molar-refractivity contribution >= 4 is 33.5 Å². The Morgan fingerprint density at radius 1 is 1.22 bits per heavy atom. The van der Waals surface area contributed by atoms with Crippen LogP contribution in [0.3, 0.4) is 0 Å². The monoisotopic (exact) mass is 399 g/mol. The maximum absolute atomic E-state index is 5.95. The summed E-state index contributed by atoms with van der Waals surface area (Å²) in [6, 6.07) is 10.9. The van der Waals surface area contributed by atoms with E-state index in [2.05, 4.69) is 39.1 Å². The van der Waals surface area contributed by atoms with Crippen LogP contribution in [-0.4, -0.2) is 36.1 Å². The predicted octanol–water partition coefficient (Wildman–Crippen LogP) is 5.87. The number of anilines is 2. The Kier molecular flexibility index (Phi) is 6.07.